The third-order valence-electron chi connectivity index (χ3n) is 3.61. The number of aryl methyl sites for hydroxylation is 1. The molecule has 3 heterocycles. The number of H-pyrrole nitrogens is 1. The Balaban J connectivity index is 1.54. The summed E-state index contributed by atoms with van der Waals surface area (Å²) in [5.41, 5.74) is 2.04. The molecule has 0 fully saturated rings. The number of fused-ring (bicyclic) bond motifs is 1. The minimum atomic E-state index is -3.70. The van der Waals surface area contributed by atoms with Crippen LogP contribution in [0.1, 0.15) is 5.69 Å². The number of anilines is 1. The van der Waals surface area contributed by atoms with Crippen molar-refractivity contribution in [3.05, 3.63) is 59.9 Å². The highest BCUT2D eigenvalue weighted by molar-refractivity contribution is 8.01. The lowest BCUT2D eigenvalue weighted by molar-refractivity contribution is 0.602. The second-order valence-corrected chi connectivity index (χ2v) is 9.37. The molecule has 2 N–H and O–H groups in total. The number of benzene rings is 1. The number of nitrogens with zero attached hydrogens (tertiary/aromatic N) is 2. The maximum atomic E-state index is 12.7. The van der Waals surface area contributed by atoms with Gasteiger partial charge in [0.05, 0.1) is 0 Å². The number of thiazole rings is 1. The molecule has 0 amide bonds. The van der Waals surface area contributed by atoms with Crippen molar-refractivity contribution in [3.63, 3.8) is 0 Å². The topological polar surface area (TPSA) is 87.7 Å². The number of nitrogens with one attached hydrogen (secondary N) is 2. The van der Waals surface area contributed by atoms with Gasteiger partial charge in [0.2, 0.25) is 0 Å². The Morgan fingerprint density at radius 3 is 2.73 bits per heavy atom. The second kappa shape index (κ2) is 6.75. The molecule has 9 heteroatoms. The second-order valence-electron chi connectivity index (χ2n) is 5.54. The summed E-state index contributed by atoms with van der Waals surface area (Å²) in [6, 6.07) is 10.7. The van der Waals surface area contributed by atoms with Crippen molar-refractivity contribution in [1.29, 1.82) is 0 Å². The highest BCUT2D eigenvalue weighted by Gasteiger charge is 2.19. The van der Waals surface area contributed by atoms with Crippen molar-refractivity contribution in [1.82, 2.24) is 15.0 Å². The quantitative estimate of drug-likeness (QED) is 0.520. The van der Waals surface area contributed by atoms with Crippen molar-refractivity contribution in [2.75, 3.05) is 4.72 Å². The Hall–Kier alpha value is -2.36. The molecule has 0 aliphatic carbocycles. The molecule has 132 valence electrons. The molecule has 0 radical (unpaired) electrons. The lowest BCUT2D eigenvalue weighted by Crippen LogP contribution is -2.12. The SMILES string of the molecule is Cc1csc(Sc2ccc(NS(=O)(=O)c3c[nH]c4ncccc34)cc2)n1. The number of hydrogen-bond acceptors (Lipinski definition) is 6. The standard InChI is InChI=1S/C17H14N4O2S3/c1-11-10-24-17(20-11)25-13-6-4-12(5-7-13)21-26(22,23)15-9-19-16-14(15)3-2-8-18-16/h2-10,21H,1H3,(H,18,19). The average molecular weight is 403 g/mol. The molecular formula is C17H14N4O2S3. The fraction of sp³-hybridized carbons (Fsp3) is 0.0588. The van der Waals surface area contributed by atoms with Gasteiger partial charge in [0.1, 0.15) is 10.5 Å². The van der Waals surface area contributed by atoms with Crippen LogP contribution in [0.25, 0.3) is 11.0 Å². The van der Waals surface area contributed by atoms with Gasteiger partial charge in [-0.1, -0.05) is 11.8 Å². The van der Waals surface area contributed by atoms with E-state index in [0.717, 1.165) is 14.9 Å². The molecule has 0 saturated heterocycles. The minimum Gasteiger partial charge on any atom is -0.345 e. The third kappa shape index (κ3) is 3.46. The van der Waals surface area contributed by atoms with E-state index in [-0.39, 0.29) is 4.90 Å². The Kier molecular flexibility index (Phi) is 4.43. The van der Waals surface area contributed by atoms with Crippen molar-refractivity contribution in [2.45, 2.75) is 21.1 Å². The fourth-order valence-electron chi connectivity index (χ4n) is 2.43. The summed E-state index contributed by atoms with van der Waals surface area (Å²) < 4.78 is 28.9. The third-order valence-corrected chi connectivity index (χ3v) is 7.10. The van der Waals surface area contributed by atoms with E-state index in [0.29, 0.717) is 16.7 Å². The fourth-order valence-corrected chi connectivity index (χ4v) is 5.47. The first-order valence-corrected chi connectivity index (χ1v) is 10.8. The largest absolute Gasteiger partial charge is 0.345 e. The molecule has 0 aliphatic rings. The van der Waals surface area contributed by atoms with Crippen LogP contribution in [0.15, 0.2) is 68.3 Å². The summed E-state index contributed by atoms with van der Waals surface area (Å²) in [7, 11) is -3.70. The van der Waals surface area contributed by atoms with Gasteiger partial charge >= 0.3 is 0 Å². The first kappa shape index (κ1) is 17.1. The number of pyridine rings is 1. The summed E-state index contributed by atoms with van der Waals surface area (Å²) in [5, 5.41) is 2.56. The van der Waals surface area contributed by atoms with E-state index in [2.05, 4.69) is 19.7 Å². The van der Waals surface area contributed by atoms with Crippen molar-refractivity contribution in [3.8, 4) is 0 Å². The molecule has 0 unspecified atom stereocenters. The molecule has 1 aromatic carbocycles. The van der Waals surface area contributed by atoms with Crippen LogP contribution in [0.4, 0.5) is 5.69 Å². The number of aromatic amines is 1. The van der Waals surface area contributed by atoms with Gasteiger partial charge in [-0.3, -0.25) is 4.72 Å². The highest BCUT2D eigenvalue weighted by Crippen LogP contribution is 2.31. The van der Waals surface area contributed by atoms with Gasteiger partial charge in [0.15, 0.2) is 4.34 Å². The van der Waals surface area contributed by atoms with Crippen LogP contribution in [-0.4, -0.2) is 23.4 Å². The first-order chi connectivity index (χ1) is 12.5. The molecule has 4 aromatic rings. The van der Waals surface area contributed by atoms with E-state index in [9.17, 15) is 8.42 Å². The van der Waals surface area contributed by atoms with Crippen LogP contribution in [0.3, 0.4) is 0 Å². The predicted molar refractivity (Wildman–Crippen MR) is 104 cm³/mol. The van der Waals surface area contributed by atoms with Crippen molar-refractivity contribution in [2.24, 2.45) is 0 Å². The van der Waals surface area contributed by atoms with Gasteiger partial charge in [-0.25, -0.2) is 18.4 Å². The van der Waals surface area contributed by atoms with E-state index >= 15 is 0 Å². The number of rotatable bonds is 5. The molecule has 0 spiro atoms. The number of sulfonamides is 1. The van der Waals surface area contributed by atoms with Crippen molar-refractivity contribution < 1.29 is 8.42 Å². The average Bonchev–Trinajstić information content (AvgIpc) is 3.23. The van der Waals surface area contributed by atoms with Gasteiger partial charge in [0, 0.05) is 39.4 Å². The van der Waals surface area contributed by atoms with Crippen LogP contribution in [-0.2, 0) is 10.0 Å². The lowest BCUT2D eigenvalue weighted by atomic mass is 10.3. The van der Waals surface area contributed by atoms with E-state index < -0.39 is 10.0 Å². The zero-order chi connectivity index (χ0) is 18.1. The van der Waals surface area contributed by atoms with Crippen LogP contribution in [0, 0.1) is 6.92 Å². The van der Waals surface area contributed by atoms with Crippen LogP contribution >= 0.6 is 23.1 Å². The van der Waals surface area contributed by atoms with Crippen LogP contribution in [0.5, 0.6) is 0 Å². The summed E-state index contributed by atoms with van der Waals surface area (Å²) in [6.07, 6.45) is 3.07. The number of aromatic nitrogens is 3. The van der Waals surface area contributed by atoms with E-state index in [1.807, 2.05) is 24.4 Å². The summed E-state index contributed by atoms with van der Waals surface area (Å²) >= 11 is 3.14. The van der Waals surface area contributed by atoms with Gasteiger partial charge in [-0.05, 0) is 43.3 Å². The van der Waals surface area contributed by atoms with Crippen molar-refractivity contribution >= 4 is 49.8 Å². The zero-order valence-electron chi connectivity index (χ0n) is 13.6. The molecule has 3 aromatic heterocycles. The molecular weight excluding hydrogens is 388 g/mol. The highest BCUT2D eigenvalue weighted by atomic mass is 32.2. The Morgan fingerprint density at radius 2 is 2.00 bits per heavy atom. The smallest absolute Gasteiger partial charge is 0.264 e. The predicted octanol–water partition coefficient (Wildman–Crippen LogP) is 4.28. The molecule has 4 rings (SSSR count). The maximum absolute atomic E-state index is 12.7. The van der Waals surface area contributed by atoms with Gasteiger partial charge in [0.25, 0.3) is 10.0 Å². The first-order valence-electron chi connectivity index (χ1n) is 7.66. The molecule has 0 aliphatic heterocycles. The van der Waals surface area contributed by atoms with Gasteiger partial charge in [-0.15, -0.1) is 11.3 Å². The molecule has 26 heavy (non-hydrogen) atoms. The summed E-state index contributed by atoms with van der Waals surface area (Å²) in [6.45, 7) is 1.96. The monoisotopic (exact) mass is 402 g/mol. The Labute approximate surface area is 158 Å². The molecule has 0 saturated carbocycles. The number of hydrogen-bond donors (Lipinski definition) is 2. The molecule has 0 atom stereocenters. The lowest BCUT2D eigenvalue weighted by Gasteiger charge is -2.07. The van der Waals surface area contributed by atoms with Gasteiger partial charge < -0.3 is 4.98 Å². The van der Waals surface area contributed by atoms with Crippen LogP contribution in [0.2, 0.25) is 0 Å². The molecule has 6 nitrogen and oxygen atoms in total. The maximum Gasteiger partial charge on any atom is 0.264 e. The van der Waals surface area contributed by atoms with Crippen LogP contribution < -0.4 is 4.72 Å². The summed E-state index contributed by atoms with van der Waals surface area (Å²) in [4.78, 5) is 12.6. The molecule has 0 bridgehead atoms. The van der Waals surface area contributed by atoms with E-state index in [1.54, 1.807) is 53.6 Å². The normalized spacial score (nSPS) is 11.7. The van der Waals surface area contributed by atoms with E-state index in [4.69, 9.17) is 0 Å². The zero-order valence-corrected chi connectivity index (χ0v) is 16.1. The van der Waals surface area contributed by atoms with Gasteiger partial charge in [-0.2, -0.15) is 0 Å². The minimum absolute atomic E-state index is 0.178. The van der Waals surface area contributed by atoms with E-state index in [1.165, 1.54) is 6.20 Å². The Morgan fingerprint density at radius 1 is 1.19 bits per heavy atom. The summed E-state index contributed by atoms with van der Waals surface area (Å²) in [5.74, 6) is 0. The Bertz CT molecular complexity index is 1160.